The first-order valence-electron chi connectivity index (χ1n) is 7.16. The van der Waals surface area contributed by atoms with Crippen LogP contribution in [0.1, 0.15) is 44.2 Å². The molecule has 1 aliphatic rings. The van der Waals surface area contributed by atoms with E-state index in [-0.39, 0.29) is 0 Å². The minimum Gasteiger partial charge on any atom is -0.496 e. The lowest BCUT2D eigenvalue weighted by molar-refractivity contribution is 0.234. The zero-order chi connectivity index (χ0) is 13.8. The summed E-state index contributed by atoms with van der Waals surface area (Å²) < 4.78 is 5.50. The number of halogens is 1. The SMILES string of the molecule is CNC(c1ccc(Cl)cc1OC)C1CCC(C)CC1. The van der Waals surface area contributed by atoms with Gasteiger partial charge >= 0.3 is 0 Å². The number of methoxy groups -OCH3 is 1. The molecule has 2 rings (SSSR count). The third-order valence-corrected chi connectivity index (χ3v) is 4.61. The van der Waals surface area contributed by atoms with E-state index >= 15 is 0 Å². The van der Waals surface area contributed by atoms with Gasteiger partial charge in [-0.25, -0.2) is 0 Å². The second-order valence-corrected chi connectivity index (χ2v) is 6.11. The molecule has 0 amide bonds. The van der Waals surface area contributed by atoms with Gasteiger partial charge in [0.2, 0.25) is 0 Å². The molecule has 0 radical (unpaired) electrons. The number of hydrogen-bond acceptors (Lipinski definition) is 2. The molecule has 1 saturated carbocycles. The Morgan fingerprint density at radius 1 is 1.26 bits per heavy atom. The van der Waals surface area contributed by atoms with E-state index in [4.69, 9.17) is 16.3 Å². The molecule has 0 saturated heterocycles. The van der Waals surface area contributed by atoms with Crippen molar-refractivity contribution < 1.29 is 4.74 Å². The highest BCUT2D eigenvalue weighted by atomic mass is 35.5. The summed E-state index contributed by atoms with van der Waals surface area (Å²) in [6.45, 7) is 2.35. The van der Waals surface area contributed by atoms with Gasteiger partial charge in [0.1, 0.15) is 5.75 Å². The molecule has 1 unspecified atom stereocenters. The van der Waals surface area contributed by atoms with Crippen LogP contribution in [0, 0.1) is 11.8 Å². The van der Waals surface area contributed by atoms with Gasteiger partial charge < -0.3 is 10.1 Å². The summed E-state index contributed by atoms with van der Waals surface area (Å²) >= 11 is 6.05. The summed E-state index contributed by atoms with van der Waals surface area (Å²) in [7, 11) is 3.75. The van der Waals surface area contributed by atoms with Gasteiger partial charge in [-0.1, -0.05) is 37.4 Å². The summed E-state index contributed by atoms with van der Waals surface area (Å²) in [6, 6.07) is 6.32. The van der Waals surface area contributed by atoms with Gasteiger partial charge in [-0.15, -0.1) is 0 Å². The Labute approximate surface area is 121 Å². The lowest BCUT2D eigenvalue weighted by Crippen LogP contribution is -2.28. The topological polar surface area (TPSA) is 21.3 Å². The second-order valence-electron chi connectivity index (χ2n) is 5.67. The maximum absolute atomic E-state index is 6.05. The van der Waals surface area contributed by atoms with Crippen LogP contribution in [0.15, 0.2) is 18.2 Å². The van der Waals surface area contributed by atoms with Crippen LogP contribution in [-0.4, -0.2) is 14.2 Å². The average Bonchev–Trinajstić information content (AvgIpc) is 2.43. The summed E-state index contributed by atoms with van der Waals surface area (Å²) in [5.41, 5.74) is 1.23. The van der Waals surface area contributed by atoms with Crippen molar-refractivity contribution in [1.82, 2.24) is 5.32 Å². The van der Waals surface area contributed by atoms with E-state index in [0.29, 0.717) is 12.0 Å². The molecule has 1 N–H and O–H groups in total. The van der Waals surface area contributed by atoms with Gasteiger partial charge in [0.25, 0.3) is 0 Å². The maximum atomic E-state index is 6.05. The Morgan fingerprint density at radius 3 is 2.53 bits per heavy atom. The van der Waals surface area contributed by atoms with Crippen LogP contribution < -0.4 is 10.1 Å². The highest BCUT2D eigenvalue weighted by Crippen LogP contribution is 2.39. The van der Waals surface area contributed by atoms with Crippen LogP contribution in [0.25, 0.3) is 0 Å². The molecular formula is C16H24ClNO. The first-order valence-corrected chi connectivity index (χ1v) is 7.54. The van der Waals surface area contributed by atoms with Crippen molar-refractivity contribution in [2.45, 2.75) is 38.6 Å². The Balaban J connectivity index is 2.21. The molecule has 0 aliphatic heterocycles. The number of rotatable bonds is 4. The predicted molar refractivity (Wildman–Crippen MR) is 80.9 cm³/mol. The van der Waals surface area contributed by atoms with Crippen molar-refractivity contribution in [3.8, 4) is 5.75 Å². The molecule has 19 heavy (non-hydrogen) atoms. The molecule has 2 nitrogen and oxygen atoms in total. The summed E-state index contributed by atoms with van der Waals surface area (Å²) in [5, 5.41) is 4.20. The van der Waals surface area contributed by atoms with E-state index in [0.717, 1.165) is 16.7 Å². The lowest BCUT2D eigenvalue weighted by Gasteiger charge is -2.33. The molecule has 3 heteroatoms. The Bertz CT molecular complexity index is 413. The van der Waals surface area contributed by atoms with Crippen molar-refractivity contribution in [3.63, 3.8) is 0 Å². The largest absolute Gasteiger partial charge is 0.496 e. The Kier molecular flexibility index (Phi) is 5.12. The normalized spacial score (nSPS) is 25.1. The average molecular weight is 282 g/mol. The van der Waals surface area contributed by atoms with Crippen molar-refractivity contribution in [3.05, 3.63) is 28.8 Å². The van der Waals surface area contributed by atoms with Crippen LogP contribution in [0.5, 0.6) is 5.75 Å². The van der Waals surface area contributed by atoms with Crippen LogP contribution in [0.3, 0.4) is 0 Å². The van der Waals surface area contributed by atoms with Crippen LogP contribution in [0.2, 0.25) is 5.02 Å². The Morgan fingerprint density at radius 2 is 1.95 bits per heavy atom. The van der Waals surface area contributed by atoms with E-state index in [2.05, 4.69) is 18.3 Å². The van der Waals surface area contributed by atoms with E-state index < -0.39 is 0 Å². The van der Waals surface area contributed by atoms with Crippen molar-refractivity contribution in [1.29, 1.82) is 0 Å². The van der Waals surface area contributed by atoms with E-state index in [1.807, 2.05) is 19.2 Å². The van der Waals surface area contributed by atoms with Gasteiger partial charge in [-0.2, -0.15) is 0 Å². The highest BCUT2D eigenvalue weighted by Gasteiger charge is 2.28. The monoisotopic (exact) mass is 281 g/mol. The summed E-state index contributed by atoms with van der Waals surface area (Å²) in [5.74, 6) is 2.46. The molecule has 106 valence electrons. The van der Waals surface area contributed by atoms with Gasteiger partial charge in [-0.3, -0.25) is 0 Å². The molecular weight excluding hydrogens is 258 g/mol. The third-order valence-electron chi connectivity index (χ3n) is 4.37. The van der Waals surface area contributed by atoms with E-state index in [1.54, 1.807) is 7.11 Å². The maximum Gasteiger partial charge on any atom is 0.125 e. The summed E-state index contributed by atoms with van der Waals surface area (Å²) in [6.07, 6.45) is 5.24. The fourth-order valence-electron chi connectivity index (χ4n) is 3.21. The fourth-order valence-corrected chi connectivity index (χ4v) is 3.37. The van der Waals surface area contributed by atoms with Crippen LogP contribution in [-0.2, 0) is 0 Å². The molecule has 1 atom stereocenters. The van der Waals surface area contributed by atoms with E-state index in [9.17, 15) is 0 Å². The third kappa shape index (κ3) is 3.43. The van der Waals surface area contributed by atoms with Crippen LogP contribution in [0.4, 0.5) is 0 Å². The number of hydrogen-bond donors (Lipinski definition) is 1. The van der Waals surface area contributed by atoms with Gasteiger partial charge in [0.05, 0.1) is 7.11 Å². The van der Waals surface area contributed by atoms with E-state index in [1.165, 1.54) is 31.2 Å². The fraction of sp³-hybridized carbons (Fsp3) is 0.625. The summed E-state index contributed by atoms with van der Waals surface area (Å²) in [4.78, 5) is 0. The zero-order valence-electron chi connectivity index (χ0n) is 12.1. The molecule has 0 bridgehead atoms. The predicted octanol–water partition coefficient (Wildman–Crippen LogP) is 4.44. The molecule has 1 fully saturated rings. The van der Waals surface area contributed by atoms with Crippen LogP contribution >= 0.6 is 11.6 Å². The molecule has 0 heterocycles. The van der Waals surface area contributed by atoms with Crippen molar-refractivity contribution >= 4 is 11.6 Å². The number of ether oxygens (including phenoxy) is 1. The number of nitrogens with one attached hydrogen (secondary N) is 1. The molecule has 1 aromatic carbocycles. The minimum atomic E-state index is 0.361. The van der Waals surface area contributed by atoms with Crippen molar-refractivity contribution in [2.75, 3.05) is 14.2 Å². The highest BCUT2D eigenvalue weighted by molar-refractivity contribution is 6.30. The minimum absolute atomic E-state index is 0.361. The Hall–Kier alpha value is -0.730. The van der Waals surface area contributed by atoms with Crippen molar-refractivity contribution in [2.24, 2.45) is 11.8 Å². The quantitative estimate of drug-likeness (QED) is 0.881. The molecule has 1 aromatic rings. The van der Waals surface area contributed by atoms with Gasteiger partial charge in [0.15, 0.2) is 0 Å². The first kappa shape index (κ1) is 14.7. The van der Waals surface area contributed by atoms with Gasteiger partial charge in [-0.05, 0) is 43.9 Å². The number of benzene rings is 1. The zero-order valence-corrected chi connectivity index (χ0v) is 12.8. The molecule has 0 spiro atoms. The van der Waals surface area contributed by atoms with Gasteiger partial charge in [0, 0.05) is 16.6 Å². The smallest absolute Gasteiger partial charge is 0.125 e. The molecule has 1 aliphatic carbocycles. The standard InChI is InChI=1S/C16H24ClNO/c1-11-4-6-12(7-5-11)16(18-2)14-9-8-13(17)10-15(14)19-3/h8-12,16,18H,4-7H2,1-3H3. The second kappa shape index (κ2) is 6.62. The lowest BCUT2D eigenvalue weighted by atomic mass is 9.77. The molecule has 0 aromatic heterocycles. The first-order chi connectivity index (χ1) is 9.15.